The van der Waals surface area contributed by atoms with E-state index in [9.17, 15) is 4.79 Å². The lowest BCUT2D eigenvalue weighted by molar-refractivity contribution is -0.0586. The third-order valence-electron chi connectivity index (χ3n) is 2.87. The molecule has 0 bridgehead atoms. The highest BCUT2D eigenvalue weighted by molar-refractivity contribution is 6.42. The summed E-state index contributed by atoms with van der Waals surface area (Å²) in [5.74, 6) is -0.0319. The molecule has 1 aromatic carbocycles. The first kappa shape index (κ1) is 13.7. The molecule has 3 nitrogen and oxygen atoms in total. The van der Waals surface area contributed by atoms with Crippen molar-refractivity contribution in [2.24, 2.45) is 0 Å². The van der Waals surface area contributed by atoms with Crippen LogP contribution in [0.5, 0.6) is 0 Å². The number of carbonyl (C=O) groups excluding carboxylic acids is 1. The number of halogens is 2. The summed E-state index contributed by atoms with van der Waals surface area (Å²) in [6, 6.07) is 4.95. The standard InChI is InChI=1S/C13H15Cl2NO2/c1-8-6-16(7-9(2)18-8)13(17)10-3-4-11(14)12(15)5-10/h3-5,8-9H,6-7H2,1-2H3/t8-,9-/m1/s1. The minimum absolute atomic E-state index is 0.0319. The van der Waals surface area contributed by atoms with Crippen molar-refractivity contribution in [3.8, 4) is 0 Å². The predicted molar refractivity (Wildman–Crippen MR) is 72.4 cm³/mol. The van der Waals surface area contributed by atoms with E-state index in [2.05, 4.69) is 0 Å². The number of ether oxygens (including phenoxy) is 1. The molecule has 0 spiro atoms. The van der Waals surface area contributed by atoms with Crippen LogP contribution in [-0.4, -0.2) is 36.1 Å². The molecule has 2 rings (SSSR count). The molecule has 0 unspecified atom stereocenters. The topological polar surface area (TPSA) is 29.5 Å². The average molecular weight is 288 g/mol. The minimum Gasteiger partial charge on any atom is -0.372 e. The van der Waals surface area contributed by atoms with E-state index in [0.29, 0.717) is 28.7 Å². The third-order valence-corrected chi connectivity index (χ3v) is 3.61. The number of hydrogen-bond donors (Lipinski definition) is 0. The Kier molecular flexibility index (Phi) is 4.15. The SMILES string of the molecule is C[C@@H]1CN(C(=O)c2ccc(Cl)c(Cl)c2)C[C@@H](C)O1. The molecule has 0 aromatic heterocycles. The van der Waals surface area contributed by atoms with Crippen molar-refractivity contribution >= 4 is 29.1 Å². The number of rotatable bonds is 1. The van der Waals surface area contributed by atoms with Crippen LogP contribution in [0.1, 0.15) is 24.2 Å². The lowest BCUT2D eigenvalue weighted by Gasteiger charge is -2.35. The van der Waals surface area contributed by atoms with Crippen LogP contribution >= 0.6 is 23.2 Å². The third kappa shape index (κ3) is 2.97. The van der Waals surface area contributed by atoms with E-state index in [-0.39, 0.29) is 18.1 Å². The average Bonchev–Trinajstić information content (AvgIpc) is 2.30. The van der Waals surface area contributed by atoms with Gasteiger partial charge in [-0.15, -0.1) is 0 Å². The molecule has 0 N–H and O–H groups in total. The van der Waals surface area contributed by atoms with Crippen molar-refractivity contribution in [1.82, 2.24) is 4.90 Å². The molecular weight excluding hydrogens is 273 g/mol. The molecule has 1 aliphatic heterocycles. The van der Waals surface area contributed by atoms with Crippen molar-refractivity contribution < 1.29 is 9.53 Å². The molecule has 1 amide bonds. The first-order valence-electron chi connectivity index (χ1n) is 5.87. The second kappa shape index (κ2) is 5.47. The Balaban J connectivity index is 2.17. The van der Waals surface area contributed by atoms with Crippen LogP contribution in [0.15, 0.2) is 18.2 Å². The highest BCUT2D eigenvalue weighted by Gasteiger charge is 2.26. The monoisotopic (exact) mass is 287 g/mol. The number of amides is 1. The summed E-state index contributed by atoms with van der Waals surface area (Å²) in [7, 11) is 0. The molecule has 2 atom stereocenters. The zero-order chi connectivity index (χ0) is 13.3. The van der Waals surface area contributed by atoms with Gasteiger partial charge in [-0.2, -0.15) is 0 Å². The van der Waals surface area contributed by atoms with E-state index in [1.165, 1.54) is 0 Å². The maximum absolute atomic E-state index is 12.3. The van der Waals surface area contributed by atoms with E-state index in [0.717, 1.165) is 0 Å². The van der Waals surface area contributed by atoms with Gasteiger partial charge in [-0.3, -0.25) is 4.79 Å². The highest BCUT2D eigenvalue weighted by atomic mass is 35.5. The van der Waals surface area contributed by atoms with Gasteiger partial charge in [-0.05, 0) is 32.0 Å². The summed E-state index contributed by atoms with van der Waals surface area (Å²) in [4.78, 5) is 14.1. The van der Waals surface area contributed by atoms with E-state index in [1.807, 2.05) is 13.8 Å². The Morgan fingerprint density at radius 3 is 2.39 bits per heavy atom. The molecule has 0 aliphatic carbocycles. The Labute approximate surface area is 117 Å². The zero-order valence-electron chi connectivity index (χ0n) is 10.3. The van der Waals surface area contributed by atoms with Gasteiger partial charge in [0.15, 0.2) is 0 Å². The Bertz CT molecular complexity index is 454. The van der Waals surface area contributed by atoms with Crippen LogP contribution < -0.4 is 0 Å². The second-order valence-corrected chi connectivity index (χ2v) is 5.41. The van der Waals surface area contributed by atoms with Crippen LogP contribution in [0.25, 0.3) is 0 Å². The van der Waals surface area contributed by atoms with Gasteiger partial charge in [0.05, 0.1) is 22.3 Å². The maximum atomic E-state index is 12.3. The van der Waals surface area contributed by atoms with Crippen LogP contribution in [0.4, 0.5) is 0 Å². The van der Waals surface area contributed by atoms with E-state index in [4.69, 9.17) is 27.9 Å². The minimum atomic E-state index is -0.0319. The summed E-state index contributed by atoms with van der Waals surface area (Å²) in [6.07, 6.45) is 0.112. The summed E-state index contributed by atoms with van der Waals surface area (Å²) in [5.41, 5.74) is 0.561. The van der Waals surface area contributed by atoms with Gasteiger partial charge in [0, 0.05) is 18.7 Å². The predicted octanol–water partition coefficient (Wildman–Crippen LogP) is 3.24. The van der Waals surface area contributed by atoms with Crippen molar-refractivity contribution in [2.75, 3.05) is 13.1 Å². The van der Waals surface area contributed by atoms with Crippen molar-refractivity contribution in [2.45, 2.75) is 26.1 Å². The van der Waals surface area contributed by atoms with Crippen LogP contribution in [0.2, 0.25) is 10.0 Å². The second-order valence-electron chi connectivity index (χ2n) is 4.60. The van der Waals surface area contributed by atoms with E-state index < -0.39 is 0 Å². The number of morpholine rings is 1. The lowest BCUT2D eigenvalue weighted by atomic mass is 10.1. The smallest absolute Gasteiger partial charge is 0.254 e. The van der Waals surface area contributed by atoms with Gasteiger partial charge in [-0.25, -0.2) is 0 Å². The molecule has 18 heavy (non-hydrogen) atoms. The first-order valence-corrected chi connectivity index (χ1v) is 6.62. The summed E-state index contributed by atoms with van der Waals surface area (Å²) in [5, 5.41) is 0.855. The van der Waals surface area contributed by atoms with Gasteiger partial charge in [-0.1, -0.05) is 23.2 Å². The van der Waals surface area contributed by atoms with E-state index in [1.54, 1.807) is 23.1 Å². The van der Waals surface area contributed by atoms with Gasteiger partial charge in [0.25, 0.3) is 5.91 Å². The fourth-order valence-corrected chi connectivity index (χ4v) is 2.45. The number of hydrogen-bond acceptors (Lipinski definition) is 2. The fourth-order valence-electron chi connectivity index (χ4n) is 2.16. The molecule has 1 aliphatic rings. The molecule has 1 heterocycles. The number of benzene rings is 1. The summed E-state index contributed by atoms with van der Waals surface area (Å²) in [6.45, 7) is 5.13. The van der Waals surface area contributed by atoms with Gasteiger partial charge < -0.3 is 9.64 Å². The molecule has 1 saturated heterocycles. The molecule has 5 heteroatoms. The van der Waals surface area contributed by atoms with Gasteiger partial charge in [0.2, 0.25) is 0 Å². The molecule has 0 radical (unpaired) electrons. The Morgan fingerprint density at radius 1 is 1.22 bits per heavy atom. The highest BCUT2D eigenvalue weighted by Crippen LogP contribution is 2.24. The Morgan fingerprint density at radius 2 is 1.83 bits per heavy atom. The van der Waals surface area contributed by atoms with Crippen molar-refractivity contribution in [3.63, 3.8) is 0 Å². The first-order chi connectivity index (χ1) is 8.47. The lowest BCUT2D eigenvalue weighted by Crippen LogP contribution is -2.48. The Hall–Kier alpha value is -0.770. The maximum Gasteiger partial charge on any atom is 0.254 e. The van der Waals surface area contributed by atoms with Crippen LogP contribution in [0.3, 0.4) is 0 Å². The largest absolute Gasteiger partial charge is 0.372 e. The molecule has 0 saturated carbocycles. The van der Waals surface area contributed by atoms with Gasteiger partial charge in [0.1, 0.15) is 0 Å². The fraction of sp³-hybridized carbons (Fsp3) is 0.462. The molecular formula is C13H15Cl2NO2. The zero-order valence-corrected chi connectivity index (χ0v) is 11.8. The molecule has 98 valence electrons. The van der Waals surface area contributed by atoms with E-state index >= 15 is 0 Å². The summed E-state index contributed by atoms with van der Waals surface area (Å²) < 4.78 is 5.60. The molecule has 1 fully saturated rings. The normalized spacial score (nSPS) is 24.1. The van der Waals surface area contributed by atoms with Crippen LogP contribution in [-0.2, 0) is 4.74 Å². The van der Waals surface area contributed by atoms with Crippen LogP contribution in [0, 0.1) is 0 Å². The van der Waals surface area contributed by atoms with Crippen molar-refractivity contribution in [3.05, 3.63) is 33.8 Å². The number of carbonyl (C=O) groups is 1. The number of nitrogens with zero attached hydrogens (tertiary/aromatic N) is 1. The van der Waals surface area contributed by atoms with Crippen molar-refractivity contribution in [1.29, 1.82) is 0 Å². The summed E-state index contributed by atoms with van der Waals surface area (Å²) >= 11 is 11.8. The molecule has 1 aromatic rings. The quantitative estimate of drug-likeness (QED) is 0.794. The van der Waals surface area contributed by atoms with Gasteiger partial charge >= 0.3 is 0 Å².